The highest BCUT2D eigenvalue weighted by atomic mass is 32.2. The highest BCUT2D eigenvalue weighted by Gasteiger charge is 2.18. The van der Waals surface area contributed by atoms with Crippen LogP contribution in [0.15, 0.2) is 46.2 Å². The lowest BCUT2D eigenvalue weighted by atomic mass is 10.0. The van der Waals surface area contributed by atoms with Gasteiger partial charge < -0.3 is 9.15 Å². The van der Waals surface area contributed by atoms with E-state index in [0.717, 1.165) is 19.3 Å². The third kappa shape index (κ3) is 4.27. The fourth-order valence-corrected chi connectivity index (χ4v) is 4.21. The predicted octanol–water partition coefficient (Wildman–Crippen LogP) is 3.56. The van der Waals surface area contributed by atoms with Gasteiger partial charge in [0.1, 0.15) is 0 Å². The number of carbonyl (C=O) groups is 2. The zero-order valence-corrected chi connectivity index (χ0v) is 16.9. The van der Waals surface area contributed by atoms with Crippen molar-refractivity contribution in [1.29, 1.82) is 0 Å². The minimum atomic E-state index is -0.463. The number of esters is 1. The standard InChI is InChI=1S/C21H21N3O4S/c1-2-24-20(18-7-4-10-27-18)22-23-21(24)29-13-19(26)28-12-17(25)16-9-8-14-5-3-6-15(14)11-16/h4,7-11H,2-3,5-6,12-13H2,1H3. The number of nitrogens with zero attached hydrogens (tertiary/aromatic N) is 3. The van der Waals surface area contributed by atoms with Crippen molar-refractivity contribution in [2.45, 2.75) is 37.9 Å². The van der Waals surface area contributed by atoms with E-state index < -0.39 is 5.97 Å². The number of thioether (sulfide) groups is 1. The van der Waals surface area contributed by atoms with Crippen LogP contribution in [-0.4, -0.2) is 38.9 Å². The molecule has 1 aliphatic rings. The van der Waals surface area contributed by atoms with Gasteiger partial charge in [-0.25, -0.2) is 0 Å². The van der Waals surface area contributed by atoms with Crippen molar-refractivity contribution in [3.63, 3.8) is 0 Å². The molecule has 0 spiro atoms. The molecule has 0 amide bonds. The fourth-order valence-electron chi connectivity index (χ4n) is 3.41. The number of ketones is 1. The maximum atomic E-state index is 12.3. The van der Waals surface area contributed by atoms with Gasteiger partial charge in [-0.1, -0.05) is 23.9 Å². The maximum Gasteiger partial charge on any atom is 0.316 e. The number of aryl methyl sites for hydroxylation is 2. The number of carbonyl (C=O) groups excluding carboxylic acids is 2. The first-order valence-corrected chi connectivity index (χ1v) is 10.5. The van der Waals surface area contributed by atoms with E-state index in [0.29, 0.717) is 28.8 Å². The summed E-state index contributed by atoms with van der Waals surface area (Å²) >= 11 is 1.22. The molecule has 150 valence electrons. The number of hydrogen-bond acceptors (Lipinski definition) is 7. The molecule has 0 radical (unpaired) electrons. The summed E-state index contributed by atoms with van der Waals surface area (Å²) in [7, 11) is 0. The van der Waals surface area contributed by atoms with Gasteiger partial charge in [0.05, 0.1) is 12.0 Å². The molecule has 0 atom stereocenters. The van der Waals surface area contributed by atoms with Gasteiger partial charge in [-0.2, -0.15) is 0 Å². The topological polar surface area (TPSA) is 87.2 Å². The van der Waals surface area contributed by atoms with Crippen LogP contribution in [0.25, 0.3) is 11.6 Å². The van der Waals surface area contributed by atoms with Crippen LogP contribution in [0.4, 0.5) is 0 Å². The van der Waals surface area contributed by atoms with Crippen molar-refractivity contribution < 1.29 is 18.7 Å². The van der Waals surface area contributed by atoms with E-state index in [1.165, 1.54) is 22.9 Å². The summed E-state index contributed by atoms with van der Waals surface area (Å²) in [5, 5.41) is 8.87. The van der Waals surface area contributed by atoms with Crippen LogP contribution in [0, 0.1) is 0 Å². The molecule has 7 nitrogen and oxygen atoms in total. The van der Waals surface area contributed by atoms with E-state index in [9.17, 15) is 9.59 Å². The second-order valence-electron chi connectivity index (χ2n) is 6.74. The number of hydrogen-bond donors (Lipinski definition) is 0. The van der Waals surface area contributed by atoms with Crippen LogP contribution < -0.4 is 0 Å². The van der Waals surface area contributed by atoms with Gasteiger partial charge in [0.15, 0.2) is 29.1 Å². The second-order valence-corrected chi connectivity index (χ2v) is 7.68. The lowest BCUT2D eigenvalue weighted by Gasteiger charge is -2.07. The predicted molar refractivity (Wildman–Crippen MR) is 108 cm³/mol. The van der Waals surface area contributed by atoms with Crippen LogP contribution in [0.2, 0.25) is 0 Å². The molecule has 0 N–H and O–H groups in total. The Morgan fingerprint density at radius 1 is 1.21 bits per heavy atom. The summed E-state index contributed by atoms with van der Waals surface area (Å²) in [6.45, 7) is 2.35. The van der Waals surface area contributed by atoms with Crippen LogP contribution in [-0.2, 0) is 28.9 Å². The van der Waals surface area contributed by atoms with Crippen LogP contribution in [0.1, 0.15) is 34.8 Å². The Morgan fingerprint density at radius 2 is 2.07 bits per heavy atom. The summed E-state index contributed by atoms with van der Waals surface area (Å²) in [4.78, 5) is 24.4. The molecule has 1 aliphatic carbocycles. The summed E-state index contributed by atoms with van der Waals surface area (Å²) < 4.78 is 12.4. The Kier molecular flexibility index (Phi) is 5.80. The third-order valence-electron chi connectivity index (χ3n) is 4.88. The molecule has 0 fully saturated rings. The molecule has 29 heavy (non-hydrogen) atoms. The Morgan fingerprint density at radius 3 is 2.86 bits per heavy atom. The average Bonchev–Trinajstić information content (AvgIpc) is 3.49. The van der Waals surface area contributed by atoms with Crippen molar-refractivity contribution in [2.24, 2.45) is 0 Å². The molecular weight excluding hydrogens is 390 g/mol. The van der Waals surface area contributed by atoms with E-state index in [1.807, 2.05) is 35.8 Å². The van der Waals surface area contributed by atoms with Crippen LogP contribution in [0.5, 0.6) is 0 Å². The van der Waals surface area contributed by atoms with Crippen molar-refractivity contribution >= 4 is 23.5 Å². The molecule has 1 aromatic carbocycles. The molecule has 2 aromatic heterocycles. The zero-order chi connectivity index (χ0) is 20.2. The molecule has 0 unspecified atom stereocenters. The minimum Gasteiger partial charge on any atom is -0.461 e. The Balaban J connectivity index is 1.31. The molecule has 2 heterocycles. The zero-order valence-electron chi connectivity index (χ0n) is 16.1. The molecular formula is C21H21N3O4S. The second kappa shape index (κ2) is 8.65. The first-order valence-electron chi connectivity index (χ1n) is 9.56. The van der Waals surface area contributed by atoms with Gasteiger partial charge in [0.2, 0.25) is 0 Å². The van der Waals surface area contributed by atoms with Crippen molar-refractivity contribution in [1.82, 2.24) is 14.8 Å². The Labute approximate surface area is 172 Å². The van der Waals surface area contributed by atoms with Crippen molar-refractivity contribution in [3.8, 4) is 11.6 Å². The molecule has 3 aromatic rings. The normalized spacial score (nSPS) is 12.7. The lowest BCUT2D eigenvalue weighted by Crippen LogP contribution is -2.16. The third-order valence-corrected chi connectivity index (χ3v) is 5.82. The number of furan rings is 1. The quantitative estimate of drug-likeness (QED) is 0.318. The van der Waals surface area contributed by atoms with E-state index in [2.05, 4.69) is 10.2 Å². The van der Waals surface area contributed by atoms with Gasteiger partial charge in [0, 0.05) is 12.1 Å². The number of benzene rings is 1. The maximum absolute atomic E-state index is 12.3. The monoisotopic (exact) mass is 411 g/mol. The smallest absolute Gasteiger partial charge is 0.316 e. The molecule has 4 rings (SSSR count). The van der Waals surface area contributed by atoms with E-state index >= 15 is 0 Å². The highest BCUT2D eigenvalue weighted by molar-refractivity contribution is 7.99. The van der Waals surface area contributed by atoms with Gasteiger partial charge >= 0.3 is 5.97 Å². The number of aromatic nitrogens is 3. The summed E-state index contributed by atoms with van der Waals surface area (Å²) in [5.74, 6) is 0.631. The van der Waals surface area contributed by atoms with Crippen LogP contribution in [0.3, 0.4) is 0 Å². The van der Waals surface area contributed by atoms with E-state index in [-0.39, 0.29) is 18.1 Å². The SMILES string of the molecule is CCn1c(SCC(=O)OCC(=O)c2ccc3c(c2)CCC3)nnc1-c1ccco1. The molecule has 0 saturated carbocycles. The summed E-state index contributed by atoms with van der Waals surface area (Å²) in [6, 6.07) is 9.33. The van der Waals surface area contributed by atoms with Gasteiger partial charge in [-0.05, 0) is 55.5 Å². The van der Waals surface area contributed by atoms with E-state index in [4.69, 9.17) is 9.15 Å². The number of fused-ring (bicyclic) bond motifs is 1. The van der Waals surface area contributed by atoms with E-state index in [1.54, 1.807) is 12.3 Å². The largest absolute Gasteiger partial charge is 0.461 e. The van der Waals surface area contributed by atoms with Gasteiger partial charge in [-0.15, -0.1) is 10.2 Å². The van der Waals surface area contributed by atoms with Crippen molar-refractivity contribution in [2.75, 3.05) is 12.4 Å². The first-order chi connectivity index (χ1) is 14.2. The highest BCUT2D eigenvalue weighted by Crippen LogP contribution is 2.25. The number of rotatable bonds is 8. The Hall–Kier alpha value is -2.87. The molecule has 0 aliphatic heterocycles. The molecule has 0 saturated heterocycles. The minimum absolute atomic E-state index is 0.0494. The Bertz CT molecular complexity index is 1030. The summed E-state index contributed by atoms with van der Waals surface area (Å²) in [6.07, 6.45) is 4.78. The average molecular weight is 411 g/mol. The number of Topliss-reactive ketones (excluding diaryl/α,β-unsaturated/α-hetero) is 1. The van der Waals surface area contributed by atoms with Gasteiger partial charge in [-0.3, -0.25) is 14.2 Å². The summed E-state index contributed by atoms with van der Waals surface area (Å²) in [5.41, 5.74) is 3.13. The molecule has 0 bridgehead atoms. The lowest BCUT2D eigenvalue weighted by molar-refractivity contribution is -0.139. The number of ether oxygens (including phenoxy) is 1. The van der Waals surface area contributed by atoms with Gasteiger partial charge in [0.25, 0.3) is 0 Å². The van der Waals surface area contributed by atoms with Crippen LogP contribution >= 0.6 is 11.8 Å². The fraction of sp³-hybridized carbons (Fsp3) is 0.333. The van der Waals surface area contributed by atoms with Crippen molar-refractivity contribution in [3.05, 3.63) is 53.3 Å². The molecule has 8 heteroatoms. The first kappa shape index (κ1) is 19.4.